The Morgan fingerprint density at radius 3 is 2.77 bits per heavy atom. The van der Waals surface area contributed by atoms with Crippen LogP contribution in [0.1, 0.15) is 17.3 Å². The average Bonchev–Trinajstić information content (AvgIpc) is 2.19. The summed E-state index contributed by atoms with van der Waals surface area (Å²) < 4.78 is 0. The van der Waals surface area contributed by atoms with E-state index in [0.29, 0.717) is 5.56 Å². The molecule has 0 fully saturated rings. The van der Waals surface area contributed by atoms with Gasteiger partial charge in [0.1, 0.15) is 6.04 Å². The third-order valence-electron chi connectivity index (χ3n) is 1.48. The van der Waals surface area contributed by atoms with Crippen molar-refractivity contribution in [3.8, 4) is 6.07 Å². The standard InChI is InChI=1S/C9H9N3O/c1-7(6-10)12-9(13)8-2-4-11-5-3-8/h2-5,7H,1H3,(H,12,13)/t7-/m0/s1. The van der Waals surface area contributed by atoms with Crippen molar-refractivity contribution in [1.29, 1.82) is 5.26 Å². The largest absolute Gasteiger partial charge is 0.337 e. The molecule has 1 aromatic rings. The number of aromatic nitrogens is 1. The fraction of sp³-hybridized carbons (Fsp3) is 0.222. The number of hydrogen-bond acceptors (Lipinski definition) is 3. The summed E-state index contributed by atoms with van der Waals surface area (Å²) in [6, 6.07) is 4.64. The zero-order chi connectivity index (χ0) is 9.68. The zero-order valence-electron chi connectivity index (χ0n) is 7.19. The van der Waals surface area contributed by atoms with Gasteiger partial charge in [-0.1, -0.05) is 0 Å². The number of amides is 1. The third-order valence-corrected chi connectivity index (χ3v) is 1.48. The van der Waals surface area contributed by atoms with E-state index >= 15 is 0 Å². The molecule has 0 aliphatic rings. The number of nitrogens with zero attached hydrogens (tertiary/aromatic N) is 2. The van der Waals surface area contributed by atoms with Crippen LogP contribution in [0.3, 0.4) is 0 Å². The van der Waals surface area contributed by atoms with Gasteiger partial charge in [-0.05, 0) is 19.1 Å². The number of carbonyl (C=O) groups excluding carboxylic acids is 1. The van der Waals surface area contributed by atoms with Crippen molar-refractivity contribution in [2.45, 2.75) is 13.0 Å². The van der Waals surface area contributed by atoms with Crippen molar-refractivity contribution in [3.05, 3.63) is 30.1 Å². The van der Waals surface area contributed by atoms with Crippen molar-refractivity contribution >= 4 is 5.91 Å². The van der Waals surface area contributed by atoms with E-state index in [0.717, 1.165) is 0 Å². The topological polar surface area (TPSA) is 65.8 Å². The smallest absolute Gasteiger partial charge is 0.252 e. The summed E-state index contributed by atoms with van der Waals surface area (Å²) in [4.78, 5) is 15.1. The minimum absolute atomic E-state index is 0.253. The van der Waals surface area contributed by atoms with Crippen LogP contribution in [0, 0.1) is 11.3 Å². The Balaban J connectivity index is 2.66. The molecular weight excluding hydrogens is 166 g/mol. The SMILES string of the molecule is C[C@@H](C#N)NC(=O)c1ccncc1. The summed E-state index contributed by atoms with van der Waals surface area (Å²) in [5.41, 5.74) is 0.511. The van der Waals surface area contributed by atoms with Crippen LogP contribution in [0.25, 0.3) is 0 Å². The van der Waals surface area contributed by atoms with Crippen LogP contribution in [0.4, 0.5) is 0 Å². The number of pyridine rings is 1. The molecule has 66 valence electrons. The molecule has 0 aliphatic heterocycles. The molecule has 0 bridgehead atoms. The quantitative estimate of drug-likeness (QED) is 0.720. The number of nitriles is 1. The first-order valence-corrected chi connectivity index (χ1v) is 3.84. The highest BCUT2D eigenvalue weighted by molar-refractivity contribution is 5.94. The van der Waals surface area contributed by atoms with Gasteiger partial charge in [0.2, 0.25) is 0 Å². The van der Waals surface area contributed by atoms with Gasteiger partial charge in [-0.2, -0.15) is 5.26 Å². The van der Waals surface area contributed by atoms with Gasteiger partial charge in [-0.25, -0.2) is 0 Å². The molecule has 1 atom stereocenters. The van der Waals surface area contributed by atoms with Gasteiger partial charge in [0.25, 0.3) is 5.91 Å². The molecule has 1 amide bonds. The molecule has 0 aliphatic carbocycles. The molecule has 1 aromatic heterocycles. The van der Waals surface area contributed by atoms with Gasteiger partial charge >= 0.3 is 0 Å². The Kier molecular flexibility index (Phi) is 2.98. The fourth-order valence-electron chi connectivity index (χ4n) is 0.816. The van der Waals surface area contributed by atoms with Crippen LogP contribution >= 0.6 is 0 Å². The van der Waals surface area contributed by atoms with Crippen LogP contribution in [0.5, 0.6) is 0 Å². The molecule has 4 nitrogen and oxygen atoms in total. The maximum absolute atomic E-state index is 11.3. The number of hydrogen-bond donors (Lipinski definition) is 1. The molecule has 0 radical (unpaired) electrons. The van der Waals surface area contributed by atoms with E-state index in [9.17, 15) is 4.79 Å². The predicted molar refractivity (Wildman–Crippen MR) is 46.8 cm³/mol. The number of nitrogens with one attached hydrogen (secondary N) is 1. The number of carbonyl (C=O) groups is 1. The third kappa shape index (κ3) is 2.56. The molecular formula is C9H9N3O. The molecule has 1 N–H and O–H groups in total. The van der Waals surface area contributed by atoms with Gasteiger partial charge in [0.05, 0.1) is 6.07 Å². The minimum atomic E-state index is -0.472. The summed E-state index contributed by atoms with van der Waals surface area (Å²) >= 11 is 0. The van der Waals surface area contributed by atoms with Gasteiger partial charge in [-0.3, -0.25) is 9.78 Å². The first-order chi connectivity index (χ1) is 6.24. The highest BCUT2D eigenvalue weighted by atomic mass is 16.1. The van der Waals surface area contributed by atoms with E-state index in [1.807, 2.05) is 6.07 Å². The van der Waals surface area contributed by atoms with Crippen molar-refractivity contribution in [2.75, 3.05) is 0 Å². The minimum Gasteiger partial charge on any atom is -0.337 e. The first kappa shape index (κ1) is 9.20. The van der Waals surface area contributed by atoms with Crippen LogP contribution in [-0.4, -0.2) is 16.9 Å². The molecule has 0 aromatic carbocycles. The summed E-state index contributed by atoms with van der Waals surface area (Å²) in [7, 11) is 0. The van der Waals surface area contributed by atoms with Gasteiger partial charge in [0.15, 0.2) is 0 Å². The average molecular weight is 175 g/mol. The maximum atomic E-state index is 11.3. The highest BCUT2D eigenvalue weighted by Gasteiger charge is 2.07. The number of rotatable bonds is 2. The molecule has 0 spiro atoms. The summed E-state index contributed by atoms with van der Waals surface area (Å²) in [6.45, 7) is 1.62. The molecule has 0 unspecified atom stereocenters. The lowest BCUT2D eigenvalue weighted by molar-refractivity contribution is 0.0947. The summed E-state index contributed by atoms with van der Waals surface area (Å²) in [6.07, 6.45) is 3.07. The van der Waals surface area contributed by atoms with Crippen LogP contribution in [-0.2, 0) is 0 Å². The van der Waals surface area contributed by atoms with Crippen molar-refractivity contribution < 1.29 is 4.79 Å². The molecule has 4 heteroatoms. The first-order valence-electron chi connectivity index (χ1n) is 3.84. The van der Waals surface area contributed by atoms with E-state index in [1.54, 1.807) is 19.1 Å². The lowest BCUT2D eigenvalue weighted by atomic mass is 10.2. The van der Waals surface area contributed by atoms with E-state index in [2.05, 4.69) is 10.3 Å². The predicted octanol–water partition coefficient (Wildman–Crippen LogP) is 0.723. The monoisotopic (exact) mass is 175 g/mol. The second kappa shape index (κ2) is 4.21. The van der Waals surface area contributed by atoms with Crippen LogP contribution in [0.2, 0.25) is 0 Å². The Bertz CT molecular complexity index is 328. The van der Waals surface area contributed by atoms with Gasteiger partial charge < -0.3 is 5.32 Å². The Morgan fingerprint density at radius 2 is 2.23 bits per heavy atom. The van der Waals surface area contributed by atoms with E-state index in [4.69, 9.17) is 5.26 Å². The molecule has 0 saturated carbocycles. The second-order valence-corrected chi connectivity index (χ2v) is 2.56. The Morgan fingerprint density at radius 1 is 1.62 bits per heavy atom. The van der Waals surface area contributed by atoms with E-state index in [-0.39, 0.29) is 5.91 Å². The fourth-order valence-corrected chi connectivity index (χ4v) is 0.816. The maximum Gasteiger partial charge on any atom is 0.252 e. The van der Waals surface area contributed by atoms with Crippen LogP contribution < -0.4 is 5.32 Å². The molecule has 0 saturated heterocycles. The summed E-state index contributed by atoms with van der Waals surface area (Å²) in [5.74, 6) is -0.253. The highest BCUT2D eigenvalue weighted by Crippen LogP contribution is 1.96. The van der Waals surface area contributed by atoms with E-state index in [1.165, 1.54) is 12.4 Å². The Hall–Kier alpha value is -1.89. The molecule has 13 heavy (non-hydrogen) atoms. The van der Waals surface area contributed by atoms with Crippen molar-refractivity contribution in [1.82, 2.24) is 10.3 Å². The lowest BCUT2D eigenvalue weighted by Gasteiger charge is -2.05. The molecule has 1 heterocycles. The molecule has 1 rings (SSSR count). The van der Waals surface area contributed by atoms with Crippen molar-refractivity contribution in [3.63, 3.8) is 0 Å². The van der Waals surface area contributed by atoms with Gasteiger partial charge in [-0.15, -0.1) is 0 Å². The second-order valence-electron chi connectivity index (χ2n) is 2.56. The lowest BCUT2D eigenvalue weighted by Crippen LogP contribution is -2.31. The zero-order valence-corrected chi connectivity index (χ0v) is 7.19. The Labute approximate surface area is 76.2 Å². The van der Waals surface area contributed by atoms with E-state index < -0.39 is 6.04 Å². The summed E-state index contributed by atoms with van der Waals surface area (Å²) in [5, 5.41) is 11.0. The van der Waals surface area contributed by atoms with Crippen LogP contribution in [0.15, 0.2) is 24.5 Å². The van der Waals surface area contributed by atoms with Gasteiger partial charge in [0, 0.05) is 18.0 Å². The normalized spacial score (nSPS) is 11.4. The van der Waals surface area contributed by atoms with Crippen molar-refractivity contribution in [2.24, 2.45) is 0 Å².